The van der Waals surface area contributed by atoms with Crippen LogP contribution in [0.15, 0.2) is 29.0 Å². The summed E-state index contributed by atoms with van der Waals surface area (Å²) >= 11 is 0. The first-order valence-electron chi connectivity index (χ1n) is 4.69. The van der Waals surface area contributed by atoms with E-state index in [2.05, 4.69) is 30.3 Å². The van der Waals surface area contributed by atoms with Gasteiger partial charge >= 0.3 is 0 Å². The van der Waals surface area contributed by atoms with Gasteiger partial charge in [-0.3, -0.25) is 0 Å². The third-order valence-corrected chi connectivity index (χ3v) is 2.22. The highest BCUT2D eigenvalue weighted by Crippen LogP contribution is 2.17. The molecule has 0 N–H and O–H groups in total. The van der Waals surface area contributed by atoms with Crippen LogP contribution >= 0.6 is 0 Å². The number of rotatable bonds is 2. The SMILES string of the molecule is CO/N=C(\C)C1=CCC(C)CC=C1. The second-order valence-corrected chi connectivity index (χ2v) is 3.50. The van der Waals surface area contributed by atoms with Gasteiger partial charge in [-0.2, -0.15) is 0 Å². The fourth-order valence-corrected chi connectivity index (χ4v) is 1.38. The predicted molar refractivity (Wildman–Crippen MR) is 55.7 cm³/mol. The summed E-state index contributed by atoms with van der Waals surface area (Å²) in [6.07, 6.45) is 8.84. The van der Waals surface area contributed by atoms with Crippen molar-refractivity contribution in [2.24, 2.45) is 11.1 Å². The molecule has 0 aromatic rings. The number of oxime groups is 1. The lowest BCUT2D eigenvalue weighted by molar-refractivity contribution is 0.213. The van der Waals surface area contributed by atoms with E-state index in [4.69, 9.17) is 4.84 Å². The molecule has 1 atom stereocenters. The van der Waals surface area contributed by atoms with E-state index < -0.39 is 0 Å². The summed E-state index contributed by atoms with van der Waals surface area (Å²) < 4.78 is 0. The van der Waals surface area contributed by atoms with Gasteiger partial charge in [0.2, 0.25) is 0 Å². The Kier molecular flexibility index (Phi) is 3.74. The second-order valence-electron chi connectivity index (χ2n) is 3.50. The van der Waals surface area contributed by atoms with Crippen LogP contribution in [0.3, 0.4) is 0 Å². The van der Waals surface area contributed by atoms with Crippen molar-refractivity contribution in [3.63, 3.8) is 0 Å². The standard InChI is InChI=1S/C11H17NO/c1-9-5-4-6-11(8-7-9)10(2)12-13-3/h4,6,8-9H,5,7H2,1-3H3/b12-10+. The lowest BCUT2D eigenvalue weighted by atomic mass is 10.1. The monoisotopic (exact) mass is 179 g/mol. The van der Waals surface area contributed by atoms with Crippen LogP contribution in [0.4, 0.5) is 0 Å². The van der Waals surface area contributed by atoms with Crippen molar-refractivity contribution in [1.82, 2.24) is 0 Å². The van der Waals surface area contributed by atoms with Gasteiger partial charge in [0.1, 0.15) is 7.11 Å². The van der Waals surface area contributed by atoms with Crippen LogP contribution in [0.1, 0.15) is 26.7 Å². The van der Waals surface area contributed by atoms with Crippen LogP contribution in [0, 0.1) is 5.92 Å². The zero-order chi connectivity index (χ0) is 9.68. The minimum atomic E-state index is 0.740. The van der Waals surface area contributed by atoms with Crippen molar-refractivity contribution in [2.75, 3.05) is 7.11 Å². The molecule has 0 aromatic carbocycles. The van der Waals surface area contributed by atoms with Gasteiger partial charge in [0.05, 0.1) is 5.71 Å². The molecule has 0 bridgehead atoms. The molecule has 1 aliphatic rings. The summed E-state index contributed by atoms with van der Waals surface area (Å²) in [5.41, 5.74) is 2.14. The van der Waals surface area contributed by atoms with Gasteiger partial charge < -0.3 is 4.84 Å². The minimum absolute atomic E-state index is 0.740. The largest absolute Gasteiger partial charge is 0.399 e. The Balaban J connectivity index is 2.73. The molecule has 0 heterocycles. The van der Waals surface area contributed by atoms with E-state index in [9.17, 15) is 0 Å². The Hall–Kier alpha value is -1.05. The number of nitrogens with zero attached hydrogens (tertiary/aromatic N) is 1. The Morgan fingerprint density at radius 3 is 3.00 bits per heavy atom. The highest BCUT2D eigenvalue weighted by Gasteiger charge is 2.05. The van der Waals surface area contributed by atoms with E-state index in [0.717, 1.165) is 24.5 Å². The highest BCUT2D eigenvalue weighted by molar-refractivity contribution is 6.00. The molecule has 13 heavy (non-hydrogen) atoms. The van der Waals surface area contributed by atoms with E-state index in [1.54, 1.807) is 7.11 Å². The third-order valence-electron chi connectivity index (χ3n) is 2.22. The Morgan fingerprint density at radius 1 is 1.54 bits per heavy atom. The van der Waals surface area contributed by atoms with Crippen molar-refractivity contribution in [3.05, 3.63) is 23.8 Å². The Bertz CT molecular complexity index is 251. The molecular weight excluding hydrogens is 162 g/mol. The maximum Gasteiger partial charge on any atom is 0.106 e. The molecule has 0 aliphatic heterocycles. The lowest BCUT2D eigenvalue weighted by Crippen LogP contribution is -1.95. The highest BCUT2D eigenvalue weighted by atomic mass is 16.6. The number of allylic oxidation sites excluding steroid dienone is 4. The summed E-state index contributed by atoms with van der Waals surface area (Å²) in [6.45, 7) is 4.22. The summed E-state index contributed by atoms with van der Waals surface area (Å²) in [6, 6.07) is 0. The van der Waals surface area contributed by atoms with E-state index in [-0.39, 0.29) is 0 Å². The van der Waals surface area contributed by atoms with Gasteiger partial charge in [-0.25, -0.2) is 0 Å². The van der Waals surface area contributed by atoms with E-state index >= 15 is 0 Å². The zero-order valence-electron chi connectivity index (χ0n) is 8.58. The number of hydrogen-bond acceptors (Lipinski definition) is 2. The Morgan fingerprint density at radius 2 is 2.31 bits per heavy atom. The molecule has 1 aliphatic carbocycles. The quantitative estimate of drug-likeness (QED) is 0.472. The molecular formula is C11H17NO. The van der Waals surface area contributed by atoms with Crippen molar-refractivity contribution in [3.8, 4) is 0 Å². The average Bonchev–Trinajstić information content (AvgIpc) is 2.30. The van der Waals surface area contributed by atoms with Crippen molar-refractivity contribution in [2.45, 2.75) is 26.7 Å². The van der Waals surface area contributed by atoms with Crippen LogP contribution < -0.4 is 0 Å². The maximum atomic E-state index is 4.74. The summed E-state index contributed by atoms with van der Waals surface area (Å²) in [5.74, 6) is 0.740. The molecule has 1 unspecified atom stereocenters. The molecule has 0 amide bonds. The maximum absolute atomic E-state index is 4.74. The molecule has 1 rings (SSSR count). The van der Waals surface area contributed by atoms with E-state index in [0.29, 0.717) is 0 Å². The van der Waals surface area contributed by atoms with Crippen LogP contribution in [0.2, 0.25) is 0 Å². The zero-order valence-corrected chi connectivity index (χ0v) is 8.58. The molecule has 0 spiro atoms. The van der Waals surface area contributed by atoms with Gasteiger partial charge in [0, 0.05) is 0 Å². The Labute approximate surface area is 80.0 Å². The molecule has 72 valence electrons. The first-order valence-corrected chi connectivity index (χ1v) is 4.69. The molecule has 2 heteroatoms. The molecule has 0 aromatic heterocycles. The van der Waals surface area contributed by atoms with Gasteiger partial charge in [-0.05, 0) is 31.3 Å². The van der Waals surface area contributed by atoms with Gasteiger partial charge in [0.25, 0.3) is 0 Å². The average molecular weight is 179 g/mol. The van der Waals surface area contributed by atoms with Crippen LogP contribution in [-0.4, -0.2) is 12.8 Å². The lowest BCUT2D eigenvalue weighted by Gasteiger charge is -2.01. The smallest absolute Gasteiger partial charge is 0.106 e. The fourth-order valence-electron chi connectivity index (χ4n) is 1.38. The van der Waals surface area contributed by atoms with Crippen molar-refractivity contribution < 1.29 is 4.84 Å². The predicted octanol–water partition coefficient (Wildman–Crippen LogP) is 2.92. The van der Waals surface area contributed by atoms with Gasteiger partial charge in [-0.1, -0.05) is 30.3 Å². The third kappa shape index (κ3) is 3.05. The van der Waals surface area contributed by atoms with Gasteiger partial charge in [-0.15, -0.1) is 0 Å². The second kappa shape index (κ2) is 4.85. The van der Waals surface area contributed by atoms with Crippen molar-refractivity contribution >= 4 is 5.71 Å². The first kappa shape index (κ1) is 10.0. The van der Waals surface area contributed by atoms with E-state index in [1.807, 2.05) is 6.92 Å². The summed E-state index contributed by atoms with van der Waals surface area (Å²) in [7, 11) is 1.58. The first-order chi connectivity index (χ1) is 6.24. The van der Waals surface area contributed by atoms with E-state index in [1.165, 1.54) is 5.57 Å². The minimum Gasteiger partial charge on any atom is -0.399 e. The molecule has 0 fully saturated rings. The molecule has 0 saturated heterocycles. The van der Waals surface area contributed by atoms with Gasteiger partial charge in [0.15, 0.2) is 0 Å². The van der Waals surface area contributed by atoms with Crippen LogP contribution in [0.25, 0.3) is 0 Å². The summed E-state index contributed by atoms with van der Waals surface area (Å²) in [5, 5.41) is 3.91. The van der Waals surface area contributed by atoms with Crippen LogP contribution in [-0.2, 0) is 4.84 Å². The summed E-state index contributed by atoms with van der Waals surface area (Å²) in [4.78, 5) is 4.74. The fraction of sp³-hybridized carbons (Fsp3) is 0.545. The van der Waals surface area contributed by atoms with Crippen LogP contribution in [0.5, 0.6) is 0 Å². The number of hydrogen-bond donors (Lipinski definition) is 0. The molecule has 0 saturated carbocycles. The topological polar surface area (TPSA) is 21.6 Å². The normalized spacial score (nSPS) is 23.8. The van der Waals surface area contributed by atoms with Crippen molar-refractivity contribution in [1.29, 1.82) is 0 Å². The molecule has 0 radical (unpaired) electrons. The molecule has 2 nitrogen and oxygen atoms in total.